The zero-order chi connectivity index (χ0) is 21.3. The molecule has 1 atom stereocenters. The van der Waals surface area contributed by atoms with E-state index < -0.39 is 12.6 Å². The van der Waals surface area contributed by atoms with Crippen molar-refractivity contribution in [3.05, 3.63) is 56.4 Å². The Morgan fingerprint density at radius 2 is 2.20 bits per heavy atom. The highest BCUT2D eigenvalue weighted by atomic mass is 32.1. The summed E-state index contributed by atoms with van der Waals surface area (Å²) in [6.07, 6.45) is 4.54. The van der Waals surface area contributed by atoms with Gasteiger partial charge in [0.05, 0.1) is 11.0 Å². The van der Waals surface area contributed by atoms with Gasteiger partial charge in [-0.1, -0.05) is 19.1 Å². The van der Waals surface area contributed by atoms with Gasteiger partial charge in [-0.2, -0.15) is 5.26 Å². The van der Waals surface area contributed by atoms with Crippen molar-refractivity contribution in [2.24, 2.45) is 5.92 Å². The molecular formula is C22H19N3O4S. The maximum absolute atomic E-state index is 12.8. The van der Waals surface area contributed by atoms with E-state index in [0.29, 0.717) is 27.4 Å². The van der Waals surface area contributed by atoms with Gasteiger partial charge in [0.2, 0.25) is 0 Å². The lowest BCUT2D eigenvalue weighted by molar-refractivity contribution is -0.139. The topological polar surface area (TPSA) is 116 Å². The Bertz CT molecular complexity index is 1250. The second kappa shape index (κ2) is 8.13. The quantitative estimate of drug-likeness (QED) is 0.608. The average molecular weight is 421 g/mol. The number of aromatic amines is 1. The predicted molar refractivity (Wildman–Crippen MR) is 114 cm³/mol. The second-order valence-corrected chi connectivity index (χ2v) is 8.45. The maximum Gasteiger partial charge on any atom is 0.341 e. The number of carbonyl (C=O) groups is 1. The van der Waals surface area contributed by atoms with Crippen LogP contribution in [0.1, 0.15) is 35.2 Å². The first-order valence-corrected chi connectivity index (χ1v) is 10.4. The van der Waals surface area contributed by atoms with Gasteiger partial charge in [0.25, 0.3) is 5.56 Å². The van der Waals surface area contributed by atoms with Gasteiger partial charge >= 0.3 is 5.97 Å². The van der Waals surface area contributed by atoms with Crippen molar-refractivity contribution < 1.29 is 14.6 Å². The summed E-state index contributed by atoms with van der Waals surface area (Å²) in [5.74, 6) is 0.203. The van der Waals surface area contributed by atoms with Crippen LogP contribution in [0.4, 0.5) is 0 Å². The first kappa shape index (κ1) is 19.9. The maximum atomic E-state index is 12.8. The summed E-state index contributed by atoms with van der Waals surface area (Å²) >= 11 is 1.54. The number of allylic oxidation sites excluding steroid dienone is 1. The number of benzene rings is 1. The number of nitrogens with one attached hydrogen (secondary N) is 1. The van der Waals surface area contributed by atoms with Crippen LogP contribution in [0, 0.1) is 17.2 Å². The normalized spacial score (nSPS) is 16.1. The Morgan fingerprint density at radius 1 is 1.43 bits per heavy atom. The third-order valence-electron chi connectivity index (χ3n) is 5.09. The van der Waals surface area contributed by atoms with Gasteiger partial charge in [0, 0.05) is 4.88 Å². The number of carboxylic acid groups (broad SMARTS) is 1. The number of rotatable bonds is 5. The highest BCUT2D eigenvalue weighted by Crippen LogP contribution is 2.36. The number of carboxylic acids is 1. The van der Waals surface area contributed by atoms with E-state index in [2.05, 4.69) is 23.0 Å². The average Bonchev–Trinajstić information content (AvgIpc) is 3.09. The van der Waals surface area contributed by atoms with Gasteiger partial charge in [0.15, 0.2) is 12.4 Å². The van der Waals surface area contributed by atoms with Crippen molar-refractivity contribution in [2.75, 3.05) is 6.61 Å². The van der Waals surface area contributed by atoms with E-state index in [0.717, 1.165) is 24.8 Å². The van der Waals surface area contributed by atoms with E-state index in [9.17, 15) is 14.9 Å². The SMILES string of the molecule is CC1CCc2c(sc3nc(/C(C#N)=C/c4ccc(OCC(=O)O)cc4)[nH]c(=O)c23)C1. The van der Waals surface area contributed by atoms with E-state index in [1.807, 2.05) is 0 Å². The van der Waals surface area contributed by atoms with E-state index in [1.165, 1.54) is 4.88 Å². The standard InChI is InChI=1S/C22H19N3O4S/c1-12-2-7-16-17(8-12)30-22-19(16)21(28)24-20(25-22)14(10-23)9-13-3-5-15(6-4-13)29-11-18(26)27/h3-6,9,12H,2,7-8,11H2,1H3,(H,26,27)(H,24,25,28)/b14-9+. The van der Waals surface area contributed by atoms with E-state index >= 15 is 0 Å². The van der Waals surface area contributed by atoms with Gasteiger partial charge in [-0.25, -0.2) is 9.78 Å². The van der Waals surface area contributed by atoms with Crippen LogP contribution in [0.15, 0.2) is 29.1 Å². The lowest BCUT2D eigenvalue weighted by atomic mass is 9.89. The van der Waals surface area contributed by atoms with Crippen LogP contribution < -0.4 is 10.3 Å². The molecule has 8 heteroatoms. The fourth-order valence-electron chi connectivity index (χ4n) is 3.60. The Balaban J connectivity index is 1.67. The van der Waals surface area contributed by atoms with Crippen LogP contribution in [-0.2, 0) is 17.6 Å². The third-order valence-corrected chi connectivity index (χ3v) is 6.24. The number of H-pyrrole nitrogens is 1. The summed E-state index contributed by atoms with van der Waals surface area (Å²) in [5.41, 5.74) is 1.85. The second-order valence-electron chi connectivity index (χ2n) is 7.37. The molecule has 1 unspecified atom stereocenters. The number of thiophene rings is 1. The zero-order valence-electron chi connectivity index (χ0n) is 16.3. The molecule has 0 radical (unpaired) electrons. The molecule has 4 rings (SSSR count). The molecule has 1 aliphatic rings. The first-order valence-electron chi connectivity index (χ1n) is 9.56. The Hall–Kier alpha value is -3.44. The molecule has 0 aliphatic heterocycles. The van der Waals surface area contributed by atoms with Gasteiger partial charge in [-0.05, 0) is 54.5 Å². The summed E-state index contributed by atoms with van der Waals surface area (Å²) in [4.78, 5) is 32.6. The Kier molecular flexibility index (Phi) is 5.38. The van der Waals surface area contributed by atoms with Gasteiger partial charge in [0.1, 0.15) is 16.6 Å². The number of aryl methyl sites for hydroxylation is 1. The fourth-order valence-corrected chi connectivity index (χ4v) is 4.99. The first-order chi connectivity index (χ1) is 14.4. The predicted octanol–water partition coefficient (Wildman–Crippen LogP) is 3.64. The highest BCUT2D eigenvalue weighted by Gasteiger charge is 2.23. The molecule has 30 heavy (non-hydrogen) atoms. The fraction of sp³-hybridized carbons (Fsp3) is 0.273. The molecule has 0 saturated carbocycles. The molecule has 2 N–H and O–H groups in total. The summed E-state index contributed by atoms with van der Waals surface area (Å²) in [6.45, 7) is 1.79. The third kappa shape index (κ3) is 3.98. The summed E-state index contributed by atoms with van der Waals surface area (Å²) in [6, 6.07) is 8.76. The molecule has 2 heterocycles. The van der Waals surface area contributed by atoms with Crippen molar-refractivity contribution in [1.82, 2.24) is 9.97 Å². The van der Waals surface area contributed by atoms with Gasteiger partial charge in [-0.3, -0.25) is 4.79 Å². The minimum atomic E-state index is -1.05. The molecule has 0 saturated heterocycles. The number of fused-ring (bicyclic) bond motifs is 3. The largest absolute Gasteiger partial charge is 0.482 e. The molecule has 152 valence electrons. The molecule has 0 spiro atoms. The van der Waals surface area contributed by atoms with Gasteiger partial charge < -0.3 is 14.8 Å². The van der Waals surface area contributed by atoms with Crippen LogP contribution >= 0.6 is 11.3 Å². The van der Waals surface area contributed by atoms with E-state index in [4.69, 9.17) is 9.84 Å². The number of aromatic nitrogens is 2. The summed E-state index contributed by atoms with van der Waals surface area (Å²) < 4.78 is 5.11. The molecule has 7 nitrogen and oxygen atoms in total. The molecule has 3 aromatic rings. The number of aliphatic carboxylic acids is 1. The molecule has 1 aromatic carbocycles. The van der Waals surface area contributed by atoms with Crippen LogP contribution in [0.5, 0.6) is 5.75 Å². The molecule has 0 amide bonds. The number of hydrogen-bond donors (Lipinski definition) is 2. The minimum Gasteiger partial charge on any atom is -0.482 e. The number of ether oxygens (including phenoxy) is 1. The van der Waals surface area contributed by atoms with Crippen LogP contribution in [-0.4, -0.2) is 27.7 Å². The zero-order valence-corrected chi connectivity index (χ0v) is 17.1. The smallest absolute Gasteiger partial charge is 0.341 e. The van der Waals surface area contributed by atoms with Crippen LogP contribution in [0.3, 0.4) is 0 Å². The summed E-state index contributed by atoms with van der Waals surface area (Å²) in [7, 11) is 0. The van der Waals surface area contributed by atoms with Crippen LogP contribution in [0.2, 0.25) is 0 Å². The van der Waals surface area contributed by atoms with Crippen molar-refractivity contribution in [1.29, 1.82) is 5.26 Å². The summed E-state index contributed by atoms with van der Waals surface area (Å²) in [5, 5.41) is 19.0. The Morgan fingerprint density at radius 3 is 2.90 bits per heavy atom. The van der Waals surface area contributed by atoms with Crippen molar-refractivity contribution in [3.8, 4) is 11.8 Å². The van der Waals surface area contributed by atoms with Crippen molar-refractivity contribution in [3.63, 3.8) is 0 Å². The van der Waals surface area contributed by atoms with E-state index in [1.54, 1.807) is 41.7 Å². The Labute approximate surface area is 176 Å². The van der Waals surface area contributed by atoms with Crippen molar-refractivity contribution >= 4 is 39.2 Å². The lowest BCUT2D eigenvalue weighted by Gasteiger charge is -2.17. The highest BCUT2D eigenvalue weighted by molar-refractivity contribution is 7.18. The van der Waals surface area contributed by atoms with E-state index in [-0.39, 0.29) is 17.0 Å². The lowest BCUT2D eigenvalue weighted by Crippen LogP contribution is -2.14. The molecule has 2 aromatic heterocycles. The minimum absolute atomic E-state index is 0.208. The molecular weight excluding hydrogens is 402 g/mol. The number of hydrogen-bond acceptors (Lipinski definition) is 6. The number of nitriles is 1. The number of nitrogens with zero attached hydrogens (tertiary/aromatic N) is 2. The molecule has 0 bridgehead atoms. The van der Waals surface area contributed by atoms with Crippen LogP contribution in [0.25, 0.3) is 21.9 Å². The molecule has 1 aliphatic carbocycles. The van der Waals surface area contributed by atoms with Crippen molar-refractivity contribution in [2.45, 2.75) is 26.2 Å². The molecule has 0 fully saturated rings. The monoisotopic (exact) mass is 421 g/mol. The van der Waals surface area contributed by atoms with Gasteiger partial charge in [-0.15, -0.1) is 11.3 Å².